The Kier molecular flexibility index (Phi) is 6.12. The molecule has 2 fully saturated rings. The van der Waals surface area contributed by atoms with Crippen molar-refractivity contribution in [2.45, 2.75) is 41.0 Å². The number of hydrogen-bond donors (Lipinski definition) is 0. The quantitative estimate of drug-likeness (QED) is 0.779. The molecular weight excluding hydrogens is 364 g/mol. The minimum Gasteiger partial charge on any atom is -0.376 e. The highest BCUT2D eigenvalue weighted by atomic mass is 32.2. The molecule has 2 aliphatic rings. The average molecular weight is 388 g/mol. The largest absolute Gasteiger partial charge is 0.376 e. The summed E-state index contributed by atoms with van der Waals surface area (Å²) in [6.07, 6.45) is -1.39. The van der Waals surface area contributed by atoms with Crippen LogP contribution >= 0.6 is 11.8 Å². The van der Waals surface area contributed by atoms with Crippen LogP contribution in [0.2, 0.25) is 0 Å². The Bertz CT molecular complexity index is 713. The minimum atomic E-state index is -0.426. The highest BCUT2D eigenvalue weighted by Gasteiger charge is 2.50. The van der Waals surface area contributed by atoms with E-state index in [0.29, 0.717) is 6.61 Å². The second-order valence-electron chi connectivity index (χ2n) is 6.55. The molecule has 5 nitrogen and oxygen atoms in total. The molecule has 0 bridgehead atoms. The Morgan fingerprint density at radius 2 is 1.52 bits per heavy atom. The van der Waals surface area contributed by atoms with Crippen LogP contribution < -0.4 is 0 Å². The molecule has 2 heterocycles. The summed E-state index contributed by atoms with van der Waals surface area (Å²) in [6.45, 7) is 0.451. The maximum Gasteiger partial charge on any atom is 0.184 e. The van der Waals surface area contributed by atoms with Crippen molar-refractivity contribution in [3.63, 3.8) is 0 Å². The van der Waals surface area contributed by atoms with Crippen molar-refractivity contribution in [3.8, 4) is 0 Å². The standard InChI is InChI=1S/C21H24O5S/c1-22-18-17-16(13-24-20(26-17)14-9-5-3-6-10-14)25-21(19(18)23-2)27-15-11-7-4-8-12-15/h3-12,16-21H,13H2,1-2H3/t16-,17-,18+,19-,20?,21-/m1/s1. The van der Waals surface area contributed by atoms with Gasteiger partial charge in [0.05, 0.1) is 6.61 Å². The number of hydrogen-bond acceptors (Lipinski definition) is 6. The molecule has 2 aromatic rings. The van der Waals surface area contributed by atoms with E-state index in [4.69, 9.17) is 23.7 Å². The van der Waals surface area contributed by atoms with Crippen molar-refractivity contribution in [1.29, 1.82) is 0 Å². The number of methoxy groups -OCH3 is 2. The summed E-state index contributed by atoms with van der Waals surface area (Å²) in [5.41, 5.74) is 0.782. The van der Waals surface area contributed by atoms with E-state index in [2.05, 4.69) is 12.1 Å². The maximum atomic E-state index is 6.32. The average Bonchev–Trinajstić information content (AvgIpc) is 2.73. The van der Waals surface area contributed by atoms with Gasteiger partial charge in [0.1, 0.15) is 29.9 Å². The molecule has 0 saturated carbocycles. The Morgan fingerprint density at radius 3 is 2.19 bits per heavy atom. The van der Waals surface area contributed by atoms with Crippen molar-refractivity contribution in [2.24, 2.45) is 0 Å². The third kappa shape index (κ3) is 4.06. The molecule has 2 aromatic carbocycles. The lowest BCUT2D eigenvalue weighted by Crippen LogP contribution is -2.62. The van der Waals surface area contributed by atoms with E-state index >= 15 is 0 Å². The summed E-state index contributed by atoms with van der Waals surface area (Å²) < 4.78 is 30.1. The lowest BCUT2D eigenvalue weighted by atomic mass is 9.98. The predicted octanol–water partition coefficient (Wildman–Crippen LogP) is 3.65. The molecule has 2 aliphatic heterocycles. The topological polar surface area (TPSA) is 46.2 Å². The zero-order valence-corrected chi connectivity index (χ0v) is 16.2. The lowest BCUT2D eigenvalue weighted by Gasteiger charge is -2.48. The number of ether oxygens (including phenoxy) is 5. The van der Waals surface area contributed by atoms with Crippen LogP contribution in [0.1, 0.15) is 11.9 Å². The molecule has 0 aromatic heterocycles. The van der Waals surface area contributed by atoms with Gasteiger partial charge in [-0.2, -0.15) is 0 Å². The van der Waals surface area contributed by atoms with Gasteiger partial charge < -0.3 is 23.7 Å². The SMILES string of the molecule is CO[C@@H]1[C@@H](OC)[C@@H](Sc2ccccc2)O[C@@H]2COC(c3ccccc3)O[C@@H]12. The number of benzene rings is 2. The van der Waals surface area contributed by atoms with Gasteiger partial charge >= 0.3 is 0 Å². The second kappa shape index (κ2) is 8.73. The molecule has 27 heavy (non-hydrogen) atoms. The number of rotatable bonds is 5. The molecule has 144 valence electrons. The van der Waals surface area contributed by atoms with Gasteiger partial charge in [0, 0.05) is 24.7 Å². The van der Waals surface area contributed by atoms with E-state index in [-0.39, 0.29) is 29.9 Å². The van der Waals surface area contributed by atoms with Crippen LogP contribution in [0.5, 0.6) is 0 Å². The zero-order chi connectivity index (χ0) is 18.6. The van der Waals surface area contributed by atoms with Crippen molar-refractivity contribution >= 4 is 11.8 Å². The van der Waals surface area contributed by atoms with Crippen LogP contribution in [0.15, 0.2) is 65.6 Å². The van der Waals surface area contributed by atoms with Crippen molar-refractivity contribution in [1.82, 2.24) is 0 Å². The van der Waals surface area contributed by atoms with Gasteiger partial charge in [0.25, 0.3) is 0 Å². The van der Waals surface area contributed by atoms with E-state index in [1.165, 1.54) is 0 Å². The normalized spacial score (nSPS) is 33.4. The molecule has 0 amide bonds. The summed E-state index contributed by atoms with van der Waals surface area (Å²) in [5, 5.41) is 0. The van der Waals surface area contributed by atoms with Crippen molar-refractivity contribution in [3.05, 3.63) is 66.2 Å². The Labute approximate surface area is 163 Å². The molecule has 4 rings (SSSR count). The van der Waals surface area contributed by atoms with Gasteiger partial charge in [-0.15, -0.1) is 0 Å². The summed E-state index contributed by atoms with van der Waals surface area (Å²) in [5.74, 6) is 0. The van der Waals surface area contributed by atoms with Crippen LogP contribution in [-0.4, -0.2) is 50.7 Å². The molecular formula is C21H24O5S. The van der Waals surface area contributed by atoms with Gasteiger partial charge in [0.2, 0.25) is 0 Å². The van der Waals surface area contributed by atoms with Crippen LogP contribution in [-0.2, 0) is 23.7 Å². The highest BCUT2D eigenvalue weighted by molar-refractivity contribution is 7.99. The first kappa shape index (κ1) is 18.9. The summed E-state index contributed by atoms with van der Waals surface area (Å²) in [4.78, 5) is 1.12. The molecule has 6 heteroatoms. The molecule has 1 unspecified atom stereocenters. The first-order valence-corrected chi connectivity index (χ1v) is 9.93. The third-order valence-corrected chi connectivity index (χ3v) is 6.05. The number of thioether (sulfide) groups is 1. The summed E-state index contributed by atoms with van der Waals surface area (Å²) in [6, 6.07) is 20.1. The molecule has 0 radical (unpaired) electrons. The van der Waals surface area contributed by atoms with Crippen LogP contribution in [0.3, 0.4) is 0 Å². The predicted molar refractivity (Wildman–Crippen MR) is 103 cm³/mol. The van der Waals surface area contributed by atoms with Crippen LogP contribution in [0, 0.1) is 0 Å². The van der Waals surface area contributed by atoms with Crippen molar-refractivity contribution in [2.75, 3.05) is 20.8 Å². The Hall–Kier alpha value is -1.41. The minimum absolute atomic E-state index is 0.205. The summed E-state index contributed by atoms with van der Waals surface area (Å²) in [7, 11) is 3.38. The van der Waals surface area contributed by atoms with Gasteiger partial charge in [0.15, 0.2) is 6.29 Å². The van der Waals surface area contributed by atoms with Gasteiger partial charge in [-0.05, 0) is 12.1 Å². The lowest BCUT2D eigenvalue weighted by molar-refractivity contribution is -0.323. The third-order valence-electron chi connectivity index (χ3n) is 4.90. The molecule has 0 spiro atoms. The van der Waals surface area contributed by atoms with E-state index < -0.39 is 6.29 Å². The fourth-order valence-electron chi connectivity index (χ4n) is 3.57. The zero-order valence-electron chi connectivity index (χ0n) is 15.4. The molecule has 0 aliphatic carbocycles. The second-order valence-corrected chi connectivity index (χ2v) is 7.72. The van der Waals surface area contributed by atoms with E-state index in [9.17, 15) is 0 Å². The van der Waals surface area contributed by atoms with E-state index in [0.717, 1.165) is 10.5 Å². The van der Waals surface area contributed by atoms with Gasteiger partial charge in [-0.3, -0.25) is 0 Å². The molecule has 0 N–H and O–H groups in total. The first-order chi connectivity index (χ1) is 13.3. The Balaban J connectivity index is 1.52. The van der Waals surface area contributed by atoms with Crippen LogP contribution in [0.25, 0.3) is 0 Å². The highest BCUT2D eigenvalue weighted by Crippen LogP contribution is 2.40. The molecule has 6 atom stereocenters. The van der Waals surface area contributed by atoms with Gasteiger partial charge in [-0.25, -0.2) is 0 Å². The van der Waals surface area contributed by atoms with Gasteiger partial charge in [-0.1, -0.05) is 60.3 Å². The summed E-state index contributed by atoms with van der Waals surface area (Å²) >= 11 is 1.63. The smallest absolute Gasteiger partial charge is 0.184 e. The fraction of sp³-hybridized carbons (Fsp3) is 0.429. The fourth-order valence-corrected chi connectivity index (χ4v) is 4.75. The maximum absolute atomic E-state index is 6.32. The monoisotopic (exact) mass is 388 g/mol. The molecule has 2 saturated heterocycles. The van der Waals surface area contributed by atoms with Crippen molar-refractivity contribution < 1.29 is 23.7 Å². The first-order valence-electron chi connectivity index (χ1n) is 9.05. The van der Waals surface area contributed by atoms with E-state index in [1.54, 1.807) is 26.0 Å². The Morgan fingerprint density at radius 1 is 0.852 bits per heavy atom. The number of fused-ring (bicyclic) bond motifs is 1. The van der Waals surface area contributed by atoms with Crippen LogP contribution in [0.4, 0.5) is 0 Å². The van der Waals surface area contributed by atoms with E-state index in [1.807, 2.05) is 48.5 Å².